The molecule has 0 unspecified atom stereocenters. The van der Waals surface area contributed by atoms with Crippen molar-refractivity contribution in [2.75, 3.05) is 47.3 Å². The smallest absolute Gasteiger partial charge is 0.229 e. The second-order valence-electron chi connectivity index (χ2n) is 8.88. The summed E-state index contributed by atoms with van der Waals surface area (Å²) in [5.41, 5.74) is 1.72. The number of rotatable bonds is 3. The average Bonchev–Trinajstić information content (AvgIpc) is 3.27. The third kappa shape index (κ3) is 2.84. The number of piperidine rings is 1. The topological polar surface area (TPSA) is 26.8 Å². The lowest BCUT2D eigenvalue weighted by Crippen LogP contribution is -2.48. The van der Waals surface area contributed by atoms with Crippen LogP contribution in [0.15, 0.2) is 16.8 Å². The number of likely N-dealkylation sites (tertiary alicyclic amines) is 2. The summed E-state index contributed by atoms with van der Waals surface area (Å²) in [6.45, 7) is 5.51. The van der Waals surface area contributed by atoms with Crippen molar-refractivity contribution in [3.63, 3.8) is 0 Å². The highest BCUT2D eigenvalue weighted by Crippen LogP contribution is 2.62. The zero-order valence-electron chi connectivity index (χ0n) is 15.8. The fourth-order valence-corrected chi connectivity index (χ4v) is 6.65. The summed E-state index contributed by atoms with van der Waals surface area (Å²) >= 11 is 1.79. The van der Waals surface area contributed by atoms with E-state index in [9.17, 15) is 4.79 Å². The molecule has 0 aromatic carbocycles. The molecule has 1 aromatic rings. The van der Waals surface area contributed by atoms with Gasteiger partial charge in [-0.15, -0.1) is 0 Å². The van der Waals surface area contributed by atoms with Gasteiger partial charge in [0.15, 0.2) is 0 Å². The Hall–Kier alpha value is -0.910. The molecule has 1 spiro atoms. The first-order valence-electron chi connectivity index (χ1n) is 9.59. The highest BCUT2D eigenvalue weighted by Gasteiger charge is 2.63. The second-order valence-corrected chi connectivity index (χ2v) is 9.66. The molecule has 1 amide bonds. The first-order valence-corrected chi connectivity index (χ1v) is 10.5. The summed E-state index contributed by atoms with van der Waals surface area (Å²) < 4.78 is 0. The molecule has 4 nitrogen and oxygen atoms in total. The van der Waals surface area contributed by atoms with Gasteiger partial charge in [-0.05, 0) is 79.5 Å². The van der Waals surface area contributed by atoms with E-state index in [1.165, 1.54) is 37.9 Å². The van der Waals surface area contributed by atoms with Crippen LogP contribution in [0.2, 0.25) is 0 Å². The maximum absolute atomic E-state index is 13.1. The Morgan fingerprint density at radius 1 is 1.28 bits per heavy atom. The minimum absolute atomic E-state index is 0.117. The van der Waals surface area contributed by atoms with Gasteiger partial charge in [0.05, 0.1) is 5.41 Å². The fourth-order valence-electron chi connectivity index (χ4n) is 5.99. The molecule has 2 atom stereocenters. The fraction of sp³-hybridized carbons (Fsp3) is 0.750. The molecule has 4 rings (SSSR count). The van der Waals surface area contributed by atoms with Crippen molar-refractivity contribution in [2.24, 2.45) is 16.7 Å². The van der Waals surface area contributed by atoms with Gasteiger partial charge in [-0.2, -0.15) is 11.3 Å². The standard InChI is InChI=1S/C20H31N3OS/c1-21(2)18(24)20-6-5-19(17(20)13-22(3)15-20)7-9-23(10-8-19)12-16-4-11-25-14-16/h4,11,14,17H,5-10,12-13,15H2,1-3H3/t17-,20+/m1/s1. The van der Waals surface area contributed by atoms with Crippen molar-refractivity contribution >= 4 is 17.2 Å². The summed E-state index contributed by atoms with van der Waals surface area (Å²) in [7, 11) is 6.06. The normalized spacial score (nSPS) is 32.2. The molecule has 5 heteroatoms. The van der Waals surface area contributed by atoms with Crippen molar-refractivity contribution < 1.29 is 4.79 Å². The molecule has 3 heterocycles. The lowest BCUT2D eigenvalue weighted by molar-refractivity contribution is -0.141. The van der Waals surface area contributed by atoms with Gasteiger partial charge in [-0.1, -0.05) is 0 Å². The summed E-state index contributed by atoms with van der Waals surface area (Å²) in [6.07, 6.45) is 4.86. The summed E-state index contributed by atoms with van der Waals surface area (Å²) in [6, 6.07) is 2.25. The quantitative estimate of drug-likeness (QED) is 0.828. The number of carbonyl (C=O) groups is 1. The van der Waals surface area contributed by atoms with E-state index in [1.54, 1.807) is 11.3 Å². The van der Waals surface area contributed by atoms with Crippen molar-refractivity contribution in [2.45, 2.75) is 32.2 Å². The number of nitrogens with zero attached hydrogens (tertiary/aromatic N) is 3. The molecular formula is C20H31N3OS. The molecule has 2 aliphatic heterocycles. The highest BCUT2D eigenvalue weighted by atomic mass is 32.1. The van der Waals surface area contributed by atoms with Crippen LogP contribution in [0, 0.1) is 16.7 Å². The summed E-state index contributed by atoms with van der Waals surface area (Å²) in [4.78, 5) is 19.9. The highest BCUT2D eigenvalue weighted by molar-refractivity contribution is 7.07. The Morgan fingerprint density at radius 2 is 2.04 bits per heavy atom. The molecule has 1 saturated carbocycles. The van der Waals surface area contributed by atoms with E-state index in [2.05, 4.69) is 33.7 Å². The van der Waals surface area contributed by atoms with Gasteiger partial charge in [0.1, 0.15) is 0 Å². The molecule has 2 saturated heterocycles. The lowest BCUT2D eigenvalue weighted by Gasteiger charge is -2.44. The number of carbonyl (C=O) groups excluding carboxylic acids is 1. The van der Waals surface area contributed by atoms with Crippen LogP contribution < -0.4 is 0 Å². The Morgan fingerprint density at radius 3 is 2.68 bits per heavy atom. The largest absolute Gasteiger partial charge is 0.348 e. The third-order valence-electron chi connectivity index (χ3n) is 7.19. The third-order valence-corrected chi connectivity index (χ3v) is 7.92. The van der Waals surface area contributed by atoms with E-state index in [0.717, 1.165) is 26.1 Å². The van der Waals surface area contributed by atoms with E-state index in [1.807, 2.05) is 19.0 Å². The molecule has 0 N–H and O–H groups in total. The number of fused-ring (bicyclic) bond motifs is 2. The predicted octanol–water partition coefficient (Wildman–Crippen LogP) is 2.76. The van der Waals surface area contributed by atoms with Crippen LogP contribution in [0.4, 0.5) is 0 Å². The molecule has 0 radical (unpaired) electrons. The summed E-state index contributed by atoms with van der Waals surface area (Å²) in [5.74, 6) is 0.919. The first kappa shape index (κ1) is 17.5. The lowest BCUT2D eigenvalue weighted by atomic mass is 9.65. The Kier molecular flexibility index (Phi) is 4.45. The number of amides is 1. The maximum Gasteiger partial charge on any atom is 0.229 e. The van der Waals surface area contributed by atoms with Gasteiger partial charge in [-0.3, -0.25) is 9.69 Å². The van der Waals surface area contributed by atoms with E-state index in [4.69, 9.17) is 0 Å². The number of thiophene rings is 1. The zero-order valence-corrected chi connectivity index (χ0v) is 16.6. The van der Waals surface area contributed by atoms with Crippen molar-refractivity contribution in [1.82, 2.24) is 14.7 Å². The van der Waals surface area contributed by atoms with Gasteiger partial charge in [-0.25, -0.2) is 0 Å². The molecule has 1 aromatic heterocycles. The SMILES string of the molecule is CN1C[C@@H]2C3(CCN(Cc4ccsc4)CC3)CC[C@]2(C(=O)N(C)C)C1. The number of hydrogen-bond acceptors (Lipinski definition) is 4. The Balaban J connectivity index is 1.49. The molecule has 3 fully saturated rings. The molecule has 3 aliphatic rings. The van der Waals surface area contributed by atoms with E-state index in [-0.39, 0.29) is 5.41 Å². The minimum Gasteiger partial charge on any atom is -0.348 e. The monoisotopic (exact) mass is 361 g/mol. The minimum atomic E-state index is -0.117. The zero-order chi connectivity index (χ0) is 17.7. The second kappa shape index (κ2) is 6.36. The van der Waals surface area contributed by atoms with Gasteiger partial charge in [0.25, 0.3) is 0 Å². The first-order chi connectivity index (χ1) is 12.0. The van der Waals surface area contributed by atoms with E-state index >= 15 is 0 Å². The van der Waals surface area contributed by atoms with Crippen LogP contribution in [-0.4, -0.2) is 67.9 Å². The van der Waals surface area contributed by atoms with Crippen LogP contribution in [-0.2, 0) is 11.3 Å². The predicted molar refractivity (Wildman–Crippen MR) is 103 cm³/mol. The van der Waals surface area contributed by atoms with Crippen LogP contribution in [0.3, 0.4) is 0 Å². The Bertz CT molecular complexity index is 621. The summed E-state index contributed by atoms with van der Waals surface area (Å²) in [5, 5.41) is 4.44. The molecular weight excluding hydrogens is 330 g/mol. The van der Waals surface area contributed by atoms with Crippen LogP contribution >= 0.6 is 11.3 Å². The van der Waals surface area contributed by atoms with Gasteiger partial charge in [0, 0.05) is 33.7 Å². The van der Waals surface area contributed by atoms with Crippen molar-refractivity contribution in [3.05, 3.63) is 22.4 Å². The van der Waals surface area contributed by atoms with Crippen LogP contribution in [0.25, 0.3) is 0 Å². The van der Waals surface area contributed by atoms with Crippen LogP contribution in [0.1, 0.15) is 31.2 Å². The van der Waals surface area contributed by atoms with E-state index < -0.39 is 0 Å². The number of hydrogen-bond donors (Lipinski definition) is 0. The molecule has 0 bridgehead atoms. The average molecular weight is 362 g/mol. The molecule has 25 heavy (non-hydrogen) atoms. The maximum atomic E-state index is 13.1. The van der Waals surface area contributed by atoms with Gasteiger partial charge < -0.3 is 9.80 Å². The van der Waals surface area contributed by atoms with Gasteiger partial charge >= 0.3 is 0 Å². The van der Waals surface area contributed by atoms with Crippen LogP contribution in [0.5, 0.6) is 0 Å². The van der Waals surface area contributed by atoms with E-state index in [0.29, 0.717) is 17.2 Å². The van der Waals surface area contributed by atoms with Crippen molar-refractivity contribution in [1.29, 1.82) is 0 Å². The molecule has 1 aliphatic carbocycles. The van der Waals surface area contributed by atoms with Crippen molar-refractivity contribution in [3.8, 4) is 0 Å². The molecule has 138 valence electrons. The van der Waals surface area contributed by atoms with Gasteiger partial charge in [0.2, 0.25) is 5.91 Å². The Labute approximate surface area is 155 Å².